The predicted molar refractivity (Wildman–Crippen MR) is 78.6 cm³/mol. The zero-order valence-corrected chi connectivity index (χ0v) is 12.5. The Labute approximate surface area is 122 Å². The van der Waals surface area contributed by atoms with E-state index in [9.17, 15) is 8.42 Å². The second kappa shape index (κ2) is 5.64. The number of nitrogens with one attached hydrogen (secondary N) is 2. The van der Waals surface area contributed by atoms with Crippen LogP contribution in [0.15, 0.2) is 35.6 Å². The molecule has 0 saturated heterocycles. The lowest BCUT2D eigenvalue weighted by Crippen LogP contribution is -2.14. The standard InChI is InChI=1S/C12H13ClN4O2S/c1-8-3-9(6-15-5-8)17-20(18,19)10-4-11(13)12(14-2)16-7-10/h3-7,17H,1-2H3,(H,14,16). The Kier molecular flexibility index (Phi) is 4.10. The van der Waals surface area contributed by atoms with Crippen molar-refractivity contribution in [1.82, 2.24) is 9.97 Å². The summed E-state index contributed by atoms with van der Waals surface area (Å²) >= 11 is 5.93. The van der Waals surface area contributed by atoms with Crippen molar-refractivity contribution in [2.75, 3.05) is 17.1 Å². The molecule has 20 heavy (non-hydrogen) atoms. The lowest BCUT2D eigenvalue weighted by atomic mass is 10.3. The number of nitrogens with zero attached hydrogens (tertiary/aromatic N) is 2. The molecule has 0 radical (unpaired) electrons. The molecule has 2 heterocycles. The molecule has 0 aromatic carbocycles. The van der Waals surface area contributed by atoms with Gasteiger partial charge in [0, 0.05) is 19.4 Å². The number of pyridine rings is 2. The second-order valence-corrected chi connectivity index (χ2v) is 6.20. The van der Waals surface area contributed by atoms with Crippen LogP contribution in [-0.4, -0.2) is 25.4 Å². The van der Waals surface area contributed by atoms with Crippen LogP contribution in [0.3, 0.4) is 0 Å². The van der Waals surface area contributed by atoms with Gasteiger partial charge in [-0.05, 0) is 24.6 Å². The Bertz CT molecular complexity index is 734. The number of hydrogen-bond donors (Lipinski definition) is 2. The molecular formula is C12H13ClN4O2S. The lowest BCUT2D eigenvalue weighted by Gasteiger charge is -2.09. The Morgan fingerprint density at radius 1 is 1.20 bits per heavy atom. The summed E-state index contributed by atoms with van der Waals surface area (Å²) in [5.74, 6) is 0.419. The molecule has 0 spiro atoms. The molecule has 0 unspecified atom stereocenters. The highest BCUT2D eigenvalue weighted by Gasteiger charge is 2.16. The molecular weight excluding hydrogens is 300 g/mol. The van der Waals surface area contributed by atoms with Crippen LogP contribution in [0, 0.1) is 6.92 Å². The zero-order chi connectivity index (χ0) is 14.8. The first-order chi connectivity index (χ1) is 9.42. The number of hydrogen-bond acceptors (Lipinski definition) is 5. The van der Waals surface area contributed by atoms with Gasteiger partial charge in [0.1, 0.15) is 10.7 Å². The first-order valence-corrected chi connectivity index (χ1v) is 7.56. The molecule has 2 aromatic rings. The molecule has 106 valence electrons. The van der Waals surface area contributed by atoms with Crippen LogP contribution in [0.2, 0.25) is 5.02 Å². The Morgan fingerprint density at radius 3 is 2.55 bits per heavy atom. The van der Waals surface area contributed by atoms with Gasteiger partial charge in [-0.3, -0.25) is 9.71 Å². The summed E-state index contributed by atoms with van der Waals surface area (Å²) in [6.07, 6.45) is 4.31. The maximum absolute atomic E-state index is 12.2. The van der Waals surface area contributed by atoms with Gasteiger partial charge in [0.2, 0.25) is 0 Å². The molecule has 0 aliphatic rings. The fourth-order valence-corrected chi connectivity index (χ4v) is 2.91. The molecule has 2 N–H and O–H groups in total. The average molecular weight is 313 g/mol. The predicted octanol–water partition coefficient (Wildman–Crippen LogP) is 2.28. The van der Waals surface area contributed by atoms with Crippen molar-refractivity contribution in [3.05, 3.63) is 41.3 Å². The number of anilines is 2. The average Bonchev–Trinajstić information content (AvgIpc) is 2.38. The van der Waals surface area contributed by atoms with Gasteiger partial charge < -0.3 is 5.32 Å². The molecule has 0 amide bonds. The minimum atomic E-state index is -3.74. The Morgan fingerprint density at radius 2 is 1.95 bits per heavy atom. The third kappa shape index (κ3) is 3.17. The Hall–Kier alpha value is -1.86. The molecule has 0 saturated carbocycles. The van der Waals surface area contributed by atoms with Gasteiger partial charge in [-0.15, -0.1) is 0 Å². The zero-order valence-electron chi connectivity index (χ0n) is 10.9. The van der Waals surface area contributed by atoms with Crippen LogP contribution < -0.4 is 10.0 Å². The molecule has 0 fully saturated rings. The quantitative estimate of drug-likeness (QED) is 0.905. The highest BCUT2D eigenvalue weighted by Crippen LogP contribution is 2.23. The normalized spacial score (nSPS) is 11.2. The molecule has 2 rings (SSSR count). The van der Waals surface area contributed by atoms with E-state index in [1.54, 1.807) is 19.3 Å². The summed E-state index contributed by atoms with van der Waals surface area (Å²) in [6.45, 7) is 1.82. The fraction of sp³-hybridized carbons (Fsp3) is 0.167. The van der Waals surface area contributed by atoms with E-state index in [4.69, 9.17) is 11.6 Å². The minimum Gasteiger partial charge on any atom is -0.372 e. The molecule has 0 aliphatic carbocycles. The van der Waals surface area contributed by atoms with Crippen molar-refractivity contribution >= 4 is 33.1 Å². The first-order valence-electron chi connectivity index (χ1n) is 5.70. The number of halogens is 1. The van der Waals surface area contributed by atoms with E-state index in [1.807, 2.05) is 6.92 Å². The largest absolute Gasteiger partial charge is 0.372 e. The van der Waals surface area contributed by atoms with Crippen LogP contribution in [0.4, 0.5) is 11.5 Å². The van der Waals surface area contributed by atoms with Crippen LogP contribution >= 0.6 is 11.6 Å². The monoisotopic (exact) mass is 312 g/mol. The van der Waals surface area contributed by atoms with Crippen LogP contribution in [0.25, 0.3) is 0 Å². The molecule has 2 aromatic heterocycles. The van der Waals surface area contributed by atoms with Gasteiger partial charge in [-0.2, -0.15) is 0 Å². The van der Waals surface area contributed by atoms with Gasteiger partial charge in [0.05, 0.1) is 16.9 Å². The van der Waals surface area contributed by atoms with Gasteiger partial charge in [0.15, 0.2) is 0 Å². The summed E-state index contributed by atoms with van der Waals surface area (Å²) in [5.41, 5.74) is 1.24. The van der Waals surface area contributed by atoms with Gasteiger partial charge in [0.25, 0.3) is 10.0 Å². The maximum Gasteiger partial charge on any atom is 0.263 e. The van der Waals surface area contributed by atoms with Crippen LogP contribution in [-0.2, 0) is 10.0 Å². The van der Waals surface area contributed by atoms with Crippen molar-refractivity contribution in [3.63, 3.8) is 0 Å². The number of aromatic nitrogens is 2. The third-order valence-electron chi connectivity index (χ3n) is 2.49. The van der Waals surface area contributed by atoms with Gasteiger partial charge in [-0.25, -0.2) is 13.4 Å². The topological polar surface area (TPSA) is 84.0 Å². The molecule has 0 bridgehead atoms. The summed E-state index contributed by atoms with van der Waals surface area (Å²) < 4.78 is 26.8. The number of aryl methyl sites for hydroxylation is 1. The third-order valence-corrected chi connectivity index (χ3v) is 4.13. The minimum absolute atomic E-state index is 0.0111. The summed E-state index contributed by atoms with van der Waals surface area (Å²) in [6, 6.07) is 3.02. The van der Waals surface area contributed by atoms with Crippen LogP contribution in [0.1, 0.15) is 5.56 Å². The SMILES string of the molecule is CNc1ncc(S(=O)(=O)Nc2cncc(C)c2)cc1Cl. The first kappa shape index (κ1) is 14.5. The van der Waals surface area contributed by atoms with E-state index < -0.39 is 10.0 Å². The molecule has 0 atom stereocenters. The fourth-order valence-electron chi connectivity index (χ4n) is 1.58. The summed E-state index contributed by atoms with van der Waals surface area (Å²) in [5, 5.41) is 3.00. The van der Waals surface area contributed by atoms with Gasteiger partial charge in [-0.1, -0.05) is 11.6 Å². The highest BCUT2D eigenvalue weighted by molar-refractivity contribution is 7.92. The number of sulfonamides is 1. The number of rotatable bonds is 4. The van der Waals surface area contributed by atoms with E-state index in [2.05, 4.69) is 20.0 Å². The Balaban J connectivity index is 2.33. The van der Waals surface area contributed by atoms with Crippen molar-refractivity contribution in [1.29, 1.82) is 0 Å². The van der Waals surface area contributed by atoms with E-state index in [0.717, 1.165) is 5.56 Å². The maximum atomic E-state index is 12.2. The van der Waals surface area contributed by atoms with Crippen molar-refractivity contribution in [2.24, 2.45) is 0 Å². The second-order valence-electron chi connectivity index (χ2n) is 4.11. The molecule has 8 heteroatoms. The van der Waals surface area contributed by atoms with E-state index >= 15 is 0 Å². The van der Waals surface area contributed by atoms with E-state index in [1.165, 1.54) is 18.5 Å². The van der Waals surface area contributed by atoms with Crippen molar-refractivity contribution < 1.29 is 8.42 Å². The van der Waals surface area contributed by atoms with Gasteiger partial charge >= 0.3 is 0 Å². The summed E-state index contributed by atoms with van der Waals surface area (Å²) in [4.78, 5) is 7.86. The smallest absolute Gasteiger partial charge is 0.263 e. The van der Waals surface area contributed by atoms with Crippen molar-refractivity contribution in [2.45, 2.75) is 11.8 Å². The lowest BCUT2D eigenvalue weighted by molar-refractivity contribution is 0.601. The molecule has 6 nitrogen and oxygen atoms in total. The summed E-state index contributed by atoms with van der Waals surface area (Å²) in [7, 11) is -2.09. The van der Waals surface area contributed by atoms with Crippen LogP contribution in [0.5, 0.6) is 0 Å². The molecule has 0 aliphatic heterocycles. The van der Waals surface area contributed by atoms with Crippen molar-refractivity contribution in [3.8, 4) is 0 Å². The van der Waals surface area contributed by atoms with E-state index in [0.29, 0.717) is 11.5 Å². The van der Waals surface area contributed by atoms with E-state index in [-0.39, 0.29) is 9.92 Å². The highest BCUT2D eigenvalue weighted by atomic mass is 35.5.